The third kappa shape index (κ3) is 3.73. The molecule has 0 saturated heterocycles. The fourth-order valence-corrected chi connectivity index (χ4v) is 1.61. The molecule has 0 spiro atoms. The van der Waals surface area contributed by atoms with Crippen molar-refractivity contribution in [1.29, 1.82) is 0 Å². The number of hydrogen-bond donors (Lipinski definition) is 1. The van der Waals surface area contributed by atoms with Gasteiger partial charge in [0.1, 0.15) is 0 Å². The van der Waals surface area contributed by atoms with Gasteiger partial charge in [-0.1, -0.05) is 6.42 Å². The summed E-state index contributed by atoms with van der Waals surface area (Å²) < 4.78 is 0. The minimum absolute atomic E-state index is 0.202. The van der Waals surface area contributed by atoms with Gasteiger partial charge < -0.3 is 10.0 Å². The molecule has 84 valence electrons. The highest BCUT2D eigenvalue weighted by atomic mass is 16.4. The van der Waals surface area contributed by atoms with Crippen LogP contribution in [0.2, 0.25) is 0 Å². The molecule has 1 N–H and O–H groups in total. The van der Waals surface area contributed by atoms with E-state index in [-0.39, 0.29) is 5.91 Å². The van der Waals surface area contributed by atoms with Crippen LogP contribution in [-0.2, 0) is 9.59 Å². The summed E-state index contributed by atoms with van der Waals surface area (Å²) in [4.78, 5) is 23.5. The van der Waals surface area contributed by atoms with Crippen LogP contribution in [0.25, 0.3) is 0 Å². The molecular weight excluding hydrogens is 194 g/mol. The normalized spacial score (nSPS) is 16.3. The smallest absolute Gasteiger partial charge is 0.328 e. The molecule has 1 rings (SSSR count). The van der Waals surface area contributed by atoms with E-state index >= 15 is 0 Å². The number of carboxylic acids is 1. The predicted molar refractivity (Wildman–Crippen MR) is 56.4 cm³/mol. The van der Waals surface area contributed by atoms with Crippen molar-refractivity contribution in [2.24, 2.45) is 5.92 Å². The molecule has 0 aliphatic heterocycles. The zero-order chi connectivity index (χ0) is 11.3. The number of hydrogen-bond acceptors (Lipinski definition) is 2. The number of amides is 1. The maximum Gasteiger partial charge on any atom is 0.328 e. The Morgan fingerprint density at radius 1 is 1.40 bits per heavy atom. The number of nitrogens with zero attached hydrogens (tertiary/aromatic N) is 1. The average molecular weight is 211 g/mol. The van der Waals surface area contributed by atoms with E-state index in [1.165, 1.54) is 19.3 Å². The van der Waals surface area contributed by atoms with Crippen LogP contribution in [0.15, 0.2) is 12.2 Å². The van der Waals surface area contributed by atoms with Crippen molar-refractivity contribution >= 4 is 11.9 Å². The summed E-state index contributed by atoms with van der Waals surface area (Å²) in [5.74, 6) is -0.665. The minimum atomic E-state index is -1.08. The van der Waals surface area contributed by atoms with Crippen LogP contribution >= 0.6 is 0 Å². The molecule has 1 aliphatic rings. The molecular formula is C11H17NO3. The molecule has 0 aromatic heterocycles. The number of likely N-dealkylation sites (N-methyl/N-ethyl adjacent to an activating group) is 1. The lowest BCUT2D eigenvalue weighted by molar-refractivity contribution is -0.132. The van der Waals surface area contributed by atoms with Gasteiger partial charge in [0.2, 0.25) is 5.91 Å². The SMILES string of the molecule is CCN(CC1CCC1)C(=O)/C=C/C(=O)O. The fourth-order valence-electron chi connectivity index (χ4n) is 1.61. The molecule has 0 heterocycles. The zero-order valence-electron chi connectivity index (χ0n) is 8.98. The second-order valence-electron chi connectivity index (χ2n) is 3.85. The predicted octanol–water partition coefficient (Wildman–Crippen LogP) is 1.28. The topological polar surface area (TPSA) is 57.6 Å². The lowest BCUT2D eigenvalue weighted by Gasteiger charge is -2.31. The third-order valence-corrected chi connectivity index (χ3v) is 2.77. The van der Waals surface area contributed by atoms with Crippen LogP contribution in [-0.4, -0.2) is 35.0 Å². The van der Waals surface area contributed by atoms with Crippen LogP contribution in [0.1, 0.15) is 26.2 Å². The van der Waals surface area contributed by atoms with E-state index < -0.39 is 5.97 Å². The van der Waals surface area contributed by atoms with Crippen LogP contribution in [0.5, 0.6) is 0 Å². The van der Waals surface area contributed by atoms with Crippen molar-refractivity contribution in [2.45, 2.75) is 26.2 Å². The van der Waals surface area contributed by atoms with E-state index in [4.69, 9.17) is 5.11 Å². The number of rotatable bonds is 5. The van der Waals surface area contributed by atoms with E-state index in [0.717, 1.165) is 18.7 Å². The van der Waals surface area contributed by atoms with E-state index in [0.29, 0.717) is 12.5 Å². The van der Waals surface area contributed by atoms with Gasteiger partial charge in [0.05, 0.1) is 0 Å². The Morgan fingerprint density at radius 3 is 2.47 bits per heavy atom. The molecule has 0 aromatic rings. The minimum Gasteiger partial charge on any atom is -0.478 e. The molecule has 1 amide bonds. The highest BCUT2D eigenvalue weighted by Gasteiger charge is 2.21. The Kier molecular flexibility index (Phi) is 4.34. The van der Waals surface area contributed by atoms with Gasteiger partial charge in [0, 0.05) is 25.2 Å². The van der Waals surface area contributed by atoms with Gasteiger partial charge in [-0.15, -0.1) is 0 Å². The first kappa shape index (κ1) is 11.8. The van der Waals surface area contributed by atoms with Gasteiger partial charge >= 0.3 is 5.97 Å². The van der Waals surface area contributed by atoms with Crippen molar-refractivity contribution in [2.75, 3.05) is 13.1 Å². The summed E-state index contributed by atoms with van der Waals surface area (Å²) in [5.41, 5.74) is 0. The summed E-state index contributed by atoms with van der Waals surface area (Å²) >= 11 is 0. The monoisotopic (exact) mass is 211 g/mol. The molecule has 15 heavy (non-hydrogen) atoms. The summed E-state index contributed by atoms with van der Waals surface area (Å²) in [6.07, 6.45) is 5.65. The Bertz CT molecular complexity index is 269. The standard InChI is InChI=1S/C11H17NO3/c1-2-12(8-9-4-3-5-9)10(13)6-7-11(14)15/h6-7,9H,2-5,8H2,1H3,(H,14,15)/b7-6+. The molecule has 1 saturated carbocycles. The zero-order valence-corrected chi connectivity index (χ0v) is 8.98. The molecule has 1 fully saturated rings. The second-order valence-corrected chi connectivity index (χ2v) is 3.85. The lowest BCUT2D eigenvalue weighted by atomic mass is 9.85. The van der Waals surface area contributed by atoms with Crippen LogP contribution in [0, 0.1) is 5.92 Å². The average Bonchev–Trinajstić information content (AvgIpc) is 2.13. The quantitative estimate of drug-likeness (QED) is 0.697. The highest BCUT2D eigenvalue weighted by Crippen LogP contribution is 2.27. The van der Waals surface area contributed by atoms with Gasteiger partial charge in [0.15, 0.2) is 0 Å². The lowest BCUT2D eigenvalue weighted by Crippen LogP contribution is -2.36. The third-order valence-electron chi connectivity index (χ3n) is 2.77. The second kappa shape index (κ2) is 5.53. The largest absolute Gasteiger partial charge is 0.478 e. The van der Waals surface area contributed by atoms with E-state index in [9.17, 15) is 9.59 Å². The van der Waals surface area contributed by atoms with Crippen LogP contribution < -0.4 is 0 Å². The highest BCUT2D eigenvalue weighted by molar-refractivity contribution is 5.93. The molecule has 1 aliphatic carbocycles. The van der Waals surface area contributed by atoms with E-state index in [1.807, 2.05) is 6.92 Å². The Morgan fingerprint density at radius 2 is 2.07 bits per heavy atom. The maximum absolute atomic E-state index is 11.5. The molecule has 4 nitrogen and oxygen atoms in total. The Labute approximate surface area is 89.6 Å². The van der Waals surface area contributed by atoms with Gasteiger partial charge in [-0.05, 0) is 25.7 Å². The number of carbonyl (C=O) groups excluding carboxylic acids is 1. The molecule has 0 bridgehead atoms. The summed E-state index contributed by atoms with van der Waals surface area (Å²) in [5, 5.41) is 8.40. The molecule has 4 heteroatoms. The molecule has 0 atom stereocenters. The van der Waals surface area contributed by atoms with Crippen molar-refractivity contribution < 1.29 is 14.7 Å². The van der Waals surface area contributed by atoms with Crippen molar-refractivity contribution in [3.8, 4) is 0 Å². The first-order valence-corrected chi connectivity index (χ1v) is 5.33. The maximum atomic E-state index is 11.5. The van der Waals surface area contributed by atoms with Crippen LogP contribution in [0.3, 0.4) is 0 Å². The number of carboxylic acid groups (broad SMARTS) is 1. The van der Waals surface area contributed by atoms with E-state index in [1.54, 1.807) is 4.90 Å². The number of carbonyl (C=O) groups is 2. The van der Waals surface area contributed by atoms with Crippen molar-refractivity contribution in [3.63, 3.8) is 0 Å². The summed E-state index contributed by atoms with van der Waals surface area (Å²) in [7, 11) is 0. The Hall–Kier alpha value is -1.32. The summed E-state index contributed by atoms with van der Waals surface area (Å²) in [6, 6.07) is 0. The molecule has 0 aromatic carbocycles. The van der Waals surface area contributed by atoms with Gasteiger partial charge in [0.25, 0.3) is 0 Å². The fraction of sp³-hybridized carbons (Fsp3) is 0.636. The van der Waals surface area contributed by atoms with Gasteiger partial charge in [-0.25, -0.2) is 4.79 Å². The first-order chi connectivity index (χ1) is 7.13. The van der Waals surface area contributed by atoms with Crippen molar-refractivity contribution in [1.82, 2.24) is 4.90 Å². The van der Waals surface area contributed by atoms with Gasteiger partial charge in [-0.3, -0.25) is 4.79 Å². The van der Waals surface area contributed by atoms with E-state index in [2.05, 4.69) is 0 Å². The number of aliphatic carboxylic acids is 1. The molecule has 0 radical (unpaired) electrons. The summed E-state index contributed by atoms with van der Waals surface area (Å²) in [6.45, 7) is 3.31. The van der Waals surface area contributed by atoms with Crippen LogP contribution in [0.4, 0.5) is 0 Å². The Balaban J connectivity index is 2.41. The van der Waals surface area contributed by atoms with Crippen molar-refractivity contribution in [3.05, 3.63) is 12.2 Å². The first-order valence-electron chi connectivity index (χ1n) is 5.33. The molecule has 0 unspecified atom stereocenters. The van der Waals surface area contributed by atoms with Gasteiger partial charge in [-0.2, -0.15) is 0 Å².